The van der Waals surface area contributed by atoms with E-state index in [0.29, 0.717) is 10.6 Å². The highest BCUT2D eigenvalue weighted by Gasteiger charge is 2.19. The average Bonchev–Trinajstić information content (AvgIpc) is 2.60. The monoisotopic (exact) mass is 381 g/mol. The fourth-order valence-corrected chi connectivity index (χ4v) is 3.14. The van der Waals surface area contributed by atoms with Gasteiger partial charge in [-0.15, -0.1) is 0 Å². The Morgan fingerprint density at radius 2 is 1.77 bits per heavy atom. The molecule has 1 fully saturated rings. The van der Waals surface area contributed by atoms with Crippen molar-refractivity contribution in [2.45, 2.75) is 50.6 Å². The van der Waals surface area contributed by atoms with Crippen LogP contribution in [0, 0.1) is 0 Å². The molecule has 0 aromatic heterocycles. The molecule has 3 amide bonds. The number of benzene rings is 1. The van der Waals surface area contributed by atoms with Gasteiger partial charge in [-0.2, -0.15) is 0 Å². The molecule has 0 saturated heterocycles. The Hall–Kier alpha value is -2.28. The van der Waals surface area contributed by atoms with E-state index in [0.717, 1.165) is 25.7 Å². The quantitative estimate of drug-likeness (QED) is 0.582. The highest BCUT2D eigenvalue weighted by Crippen LogP contribution is 2.19. The largest absolute Gasteiger partial charge is 0.481 e. The number of hydrogen-bond donors (Lipinski definition) is 4. The lowest BCUT2D eigenvalue weighted by atomic mass is 9.96. The number of amides is 3. The van der Waals surface area contributed by atoms with Crippen LogP contribution in [0.25, 0.3) is 0 Å². The number of carboxylic acid groups (broad SMARTS) is 1. The molecule has 0 heterocycles. The third kappa shape index (κ3) is 6.92. The van der Waals surface area contributed by atoms with Gasteiger partial charge in [-0.05, 0) is 30.5 Å². The van der Waals surface area contributed by atoms with Gasteiger partial charge < -0.3 is 21.1 Å². The van der Waals surface area contributed by atoms with Crippen LogP contribution < -0.4 is 16.0 Å². The fourth-order valence-electron chi connectivity index (χ4n) is 3.01. The second kappa shape index (κ2) is 10.0. The first-order valence-electron chi connectivity index (χ1n) is 8.75. The topological polar surface area (TPSA) is 108 Å². The first kappa shape index (κ1) is 20.0. The van der Waals surface area contributed by atoms with Crippen LogP contribution in [0.2, 0.25) is 5.02 Å². The van der Waals surface area contributed by atoms with E-state index in [-0.39, 0.29) is 25.0 Å². The number of rotatable bonds is 7. The molecule has 4 N–H and O–H groups in total. The minimum atomic E-state index is -1.03. The van der Waals surface area contributed by atoms with E-state index in [4.69, 9.17) is 16.7 Å². The van der Waals surface area contributed by atoms with Crippen LogP contribution in [0.15, 0.2) is 24.3 Å². The third-order valence-electron chi connectivity index (χ3n) is 4.34. The maximum atomic E-state index is 12.1. The fraction of sp³-hybridized carbons (Fsp3) is 0.500. The van der Waals surface area contributed by atoms with Crippen molar-refractivity contribution in [2.24, 2.45) is 0 Å². The lowest BCUT2D eigenvalue weighted by molar-refractivity contribution is -0.137. The van der Waals surface area contributed by atoms with Gasteiger partial charge in [0.25, 0.3) is 0 Å². The second-order valence-corrected chi connectivity index (χ2v) is 6.87. The average molecular weight is 382 g/mol. The summed E-state index contributed by atoms with van der Waals surface area (Å²) in [5.74, 6) is -1.49. The number of carbonyl (C=O) groups excluding carboxylic acids is 2. The van der Waals surface area contributed by atoms with E-state index in [1.165, 1.54) is 6.42 Å². The number of hydrogen-bond acceptors (Lipinski definition) is 3. The Bertz CT molecular complexity index is 630. The van der Waals surface area contributed by atoms with E-state index in [9.17, 15) is 14.4 Å². The van der Waals surface area contributed by atoms with Gasteiger partial charge >= 0.3 is 12.0 Å². The summed E-state index contributed by atoms with van der Waals surface area (Å²) in [4.78, 5) is 35.0. The first-order valence-corrected chi connectivity index (χ1v) is 9.13. The number of urea groups is 1. The zero-order valence-electron chi connectivity index (χ0n) is 14.5. The van der Waals surface area contributed by atoms with E-state index < -0.39 is 17.9 Å². The number of aliphatic carboxylic acids is 1. The standard InChI is InChI=1S/C18H24ClN3O4/c19-13-8-6-12(7-9-13)15(10-17(24)25)22-16(23)11-20-18(26)21-14-4-2-1-3-5-14/h6-9,14-15H,1-5,10-11H2,(H,22,23)(H,24,25)(H2,20,21,26)/t15-/m0/s1. The molecule has 0 bridgehead atoms. The zero-order chi connectivity index (χ0) is 18.9. The van der Waals surface area contributed by atoms with Crippen LogP contribution in [0.1, 0.15) is 50.1 Å². The molecule has 1 aromatic rings. The van der Waals surface area contributed by atoms with Crippen molar-refractivity contribution in [3.05, 3.63) is 34.9 Å². The Kier molecular flexibility index (Phi) is 7.72. The number of halogens is 1. The molecule has 2 rings (SSSR count). The molecular formula is C18H24ClN3O4. The number of carbonyl (C=O) groups is 3. The Labute approximate surface area is 157 Å². The lowest BCUT2D eigenvalue weighted by Gasteiger charge is -2.23. The zero-order valence-corrected chi connectivity index (χ0v) is 15.2. The summed E-state index contributed by atoms with van der Waals surface area (Å²) in [6, 6.07) is 5.68. The highest BCUT2D eigenvalue weighted by molar-refractivity contribution is 6.30. The van der Waals surface area contributed by atoms with Gasteiger partial charge in [0.05, 0.1) is 19.0 Å². The molecule has 0 aliphatic heterocycles. The normalized spacial score (nSPS) is 15.7. The molecule has 1 atom stereocenters. The summed E-state index contributed by atoms with van der Waals surface area (Å²) < 4.78 is 0. The van der Waals surface area contributed by atoms with Crippen molar-refractivity contribution in [3.63, 3.8) is 0 Å². The summed E-state index contributed by atoms with van der Waals surface area (Å²) in [5.41, 5.74) is 0.636. The molecule has 142 valence electrons. The Morgan fingerprint density at radius 3 is 2.38 bits per heavy atom. The van der Waals surface area contributed by atoms with E-state index in [2.05, 4.69) is 16.0 Å². The summed E-state index contributed by atoms with van der Waals surface area (Å²) in [6.45, 7) is -0.220. The van der Waals surface area contributed by atoms with E-state index in [1.54, 1.807) is 24.3 Å². The summed E-state index contributed by atoms with van der Waals surface area (Å²) in [6.07, 6.45) is 5.04. The Balaban J connectivity index is 1.83. The van der Waals surface area contributed by atoms with Gasteiger partial charge in [-0.1, -0.05) is 43.0 Å². The van der Waals surface area contributed by atoms with Gasteiger partial charge in [-0.25, -0.2) is 4.79 Å². The number of nitrogens with one attached hydrogen (secondary N) is 3. The van der Waals surface area contributed by atoms with Gasteiger partial charge in [0.2, 0.25) is 5.91 Å². The molecule has 0 unspecified atom stereocenters. The van der Waals surface area contributed by atoms with E-state index in [1.807, 2.05) is 0 Å². The smallest absolute Gasteiger partial charge is 0.315 e. The predicted molar refractivity (Wildman–Crippen MR) is 98.0 cm³/mol. The minimum absolute atomic E-state index is 0.153. The molecule has 7 nitrogen and oxygen atoms in total. The third-order valence-corrected chi connectivity index (χ3v) is 4.59. The molecule has 0 spiro atoms. The minimum Gasteiger partial charge on any atom is -0.481 e. The van der Waals surface area contributed by atoms with Crippen molar-refractivity contribution in [1.82, 2.24) is 16.0 Å². The molecule has 1 aliphatic carbocycles. The molecule has 1 saturated carbocycles. The first-order chi connectivity index (χ1) is 12.4. The summed E-state index contributed by atoms with van der Waals surface area (Å²) >= 11 is 5.83. The predicted octanol–water partition coefficient (Wildman–Crippen LogP) is 2.60. The summed E-state index contributed by atoms with van der Waals surface area (Å²) in [7, 11) is 0. The van der Waals surface area contributed by atoms with E-state index >= 15 is 0 Å². The van der Waals surface area contributed by atoms with Crippen LogP contribution in [-0.4, -0.2) is 35.6 Å². The van der Waals surface area contributed by atoms with Gasteiger partial charge in [-0.3, -0.25) is 9.59 Å². The van der Waals surface area contributed by atoms with Gasteiger partial charge in [0, 0.05) is 11.1 Å². The molecule has 8 heteroatoms. The molecular weight excluding hydrogens is 358 g/mol. The van der Waals surface area contributed by atoms with Gasteiger partial charge in [0.15, 0.2) is 0 Å². The number of carboxylic acids is 1. The highest BCUT2D eigenvalue weighted by atomic mass is 35.5. The molecule has 1 aliphatic rings. The SMILES string of the molecule is O=C(O)C[C@H](NC(=O)CNC(=O)NC1CCCCC1)c1ccc(Cl)cc1. The van der Waals surface area contributed by atoms with Crippen LogP contribution >= 0.6 is 11.6 Å². The van der Waals surface area contributed by atoms with Crippen LogP contribution in [0.3, 0.4) is 0 Å². The van der Waals surface area contributed by atoms with Crippen molar-refractivity contribution in [2.75, 3.05) is 6.54 Å². The second-order valence-electron chi connectivity index (χ2n) is 6.43. The lowest BCUT2D eigenvalue weighted by Crippen LogP contribution is -2.46. The van der Waals surface area contributed by atoms with Crippen LogP contribution in [0.4, 0.5) is 4.79 Å². The Morgan fingerprint density at radius 1 is 1.12 bits per heavy atom. The molecule has 0 radical (unpaired) electrons. The molecule has 26 heavy (non-hydrogen) atoms. The van der Waals surface area contributed by atoms with Crippen molar-refractivity contribution in [1.29, 1.82) is 0 Å². The molecule has 1 aromatic carbocycles. The maximum Gasteiger partial charge on any atom is 0.315 e. The van der Waals surface area contributed by atoms with Gasteiger partial charge in [0.1, 0.15) is 0 Å². The van der Waals surface area contributed by atoms with Crippen molar-refractivity contribution in [3.8, 4) is 0 Å². The van der Waals surface area contributed by atoms with Crippen molar-refractivity contribution >= 4 is 29.5 Å². The maximum absolute atomic E-state index is 12.1. The van der Waals surface area contributed by atoms with Crippen LogP contribution in [-0.2, 0) is 9.59 Å². The van der Waals surface area contributed by atoms with Crippen LogP contribution in [0.5, 0.6) is 0 Å². The van der Waals surface area contributed by atoms with Crippen molar-refractivity contribution < 1.29 is 19.5 Å². The summed E-state index contributed by atoms with van der Waals surface area (Å²) in [5, 5.41) is 17.6.